The van der Waals surface area contributed by atoms with Gasteiger partial charge in [0, 0.05) is 58.4 Å². The number of fused-ring (bicyclic) bond motifs is 1. The number of anilines is 1. The van der Waals surface area contributed by atoms with Gasteiger partial charge >= 0.3 is 5.69 Å². The summed E-state index contributed by atoms with van der Waals surface area (Å²) in [6.45, 7) is 9.06. The predicted molar refractivity (Wildman–Crippen MR) is 164 cm³/mol. The van der Waals surface area contributed by atoms with Gasteiger partial charge in [-0.1, -0.05) is 18.2 Å². The number of aromatic nitrogens is 4. The van der Waals surface area contributed by atoms with Gasteiger partial charge in [0.25, 0.3) is 0 Å². The molecule has 220 valence electrons. The number of piperidine rings is 1. The van der Waals surface area contributed by atoms with E-state index in [-0.39, 0.29) is 11.7 Å². The summed E-state index contributed by atoms with van der Waals surface area (Å²) in [6.07, 6.45) is 6.00. The predicted octanol–water partition coefficient (Wildman–Crippen LogP) is 3.53. The molecule has 1 saturated carbocycles. The zero-order chi connectivity index (χ0) is 28.5. The first-order valence-electron chi connectivity index (χ1n) is 15.3. The Kier molecular flexibility index (Phi) is 7.67. The van der Waals surface area contributed by atoms with E-state index in [1.54, 1.807) is 4.57 Å². The minimum absolute atomic E-state index is 0.0781. The molecule has 2 aromatic carbocycles. The summed E-state index contributed by atoms with van der Waals surface area (Å²) in [5.41, 5.74) is 8.10. The summed E-state index contributed by atoms with van der Waals surface area (Å²) in [6, 6.07) is 17.2. The zero-order valence-electron chi connectivity index (χ0n) is 24.1. The van der Waals surface area contributed by atoms with Gasteiger partial charge in [-0.3, -0.25) is 9.13 Å². The first-order chi connectivity index (χ1) is 20.6. The summed E-state index contributed by atoms with van der Waals surface area (Å²) in [7, 11) is 0. The number of para-hydroxylation sites is 1. The monoisotopic (exact) mass is 568 g/mol. The van der Waals surface area contributed by atoms with Crippen LogP contribution in [0.5, 0.6) is 11.5 Å². The summed E-state index contributed by atoms with van der Waals surface area (Å²) < 4.78 is 9.45. The first kappa shape index (κ1) is 27.1. The van der Waals surface area contributed by atoms with Gasteiger partial charge in [-0.05, 0) is 73.9 Å². The molecule has 3 aliphatic rings. The average molecular weight is 569 g/mol. The van der Waals surface area contributed by atoms with Crippen molar-refractivity contribution in [1.82, 2.24) is 34.2 Å². The number of likely N-dealkylation sites (tertiary alicyclic amines) is 1. The molecule has 4 aromatic rings. The largest absolute Gasteiger partial charge is 0.457 e. The molecule has 0 spiro atoms. The van der Waals surface area contributed by atoms with Crippen LogP contribution in [0.1, 0.15) is 31.7 Å². The maximum Gasteiger partial charge on any atom is 0.335 e. The molecule has 0 unspecified atom stereocenters. The molecule has 0 bridgehead atoms. The minimum Gasteiger partial charge on any atom is -0.457 e. The molecule has 0 amide bonds. The van der Waals surface area contributed by atoms with Crippen LogP contribution in [0.3, 0.4) is 0 Å². The molecular formula is C32H40N8O2. The van der Waals surface area contributed by atoms with E-state index in [4.69, 9.17) is 10.5 Å². The molecule has 7 rings (SSSR count). The van der Waals surface area contributed by atoms with Crippen LogP contribution >= 0.6 is 0 Å². The van der Waals surface area contributed by atoms with Crippen LogP contribution in [-0.2, 0) is 0 Å². The van der Waals surface area contributed by atoms with Crippen molar-refractivity contribution in [3.63, 3.8) is 0 Å². The summed E-state index contributed by atoms with van der Waals surface area (Å²) in [5.74, 6) is 3.42. The van der Waals surface area contributed by atoms with Crippen molar-refractivity contribution in [2.24, 2.45) is 11.8 Å². The number of imidazole rings is 1. The molecule has 10 nitrogen and oxygen atoms in total. The van der Waals surface area contributed by atoms with Gasteiger partial charge in [-0.25, -0.2) is 14.8 Å². The fraction of sp³-hybridized carbons (Fsp3) is 0.469. The van der Waals surface area contributed by atoms with Crippen LogP contribution in [0.15, 0.2) is 65.7 Å². The molecule has 1 aliphatic carbocycles. The van der Waals surface area contributed by atoms with Gasteiger partial charge in [-0.15, -0.1) is 0 Å². The fourth-order valence-electron chi connectivity index (χ4n) is 7.08. The molecule has 3 fully saturated rings. The second kappa shape index (κ2) is 11.9. The Balaban J connectivity index is 1.03. The highest BCUT2D eigenvalue weighted by atomic mass is 16.5. The molecule has 2 aromatic heterocycles. The third-order valence-corrected chi connectivity index (χ3v) is 9.25. The first-order valence-corrected chi connectivity index (χ1v) is 15.3. The lowest BCUT2D eigenvalue weighted by molar-refractivity contribution is 0.0731. The van der Waals surface area contributed by atoms with Crippen molar-refractivity contribution < 1.29 is 4.74 Å². The molecule has 4 heterocycles. The zero-order valence-corrected chi connectivity index (χ0v) is 24.1. The molecule has 0 atom stereocenters. The van der Waals surface area contributed by atoms with Crippen molar-refractivity contribution in [2.45, 2.75) is 31.7 Å². The third kappa shape index (κ3) is 5.54. The van der Waals surface area contributed by atoms with Gasteiger partial charge < -0.3 is 25.6 Å². The lowest BCUT2D eigenvalue weighted by Gasteiger charge is -2.43. The molecule has 3 N–H and O–H groups in total. The highest BCUT2D eigenvalue weighted by Crippen LogP contribution is 2.36. The Morgan fingerprint density at radius 3 is 2.17 bits per heavy atom. The van der Waals surface area contributed by atoms with Crippen LogP contribution in [0.4, 0.5) is 5.82 Å². The highest BCUT2D eigenvalue weighted by molar-refractivity contribution is 5.84. The highest BCUT2D eigenvalue weighted by Gasteiger charge is 2.34. The number of nitrogen functional groups attached to an aromatic ring is 1. The number of ether oxygens (including phenoxy) is 1. The molecule has 42 heavy (non-hydrogen) atoms. The Labute approximate surface area is 246 Å². The summed E-state index contributed by atoms with van der Waals surface area (Å²) >= 11 is 0. The van der Waals surface area contributed by atoms with Crippen LogP contribution < -0.4 is 21.5 Å². The standard InChI is InChI=1S/C32H40N8O2/c33-30-29-31(36-22-35-30)40(32(41)39(29)25-6-8-28(9-7-25)42-27-4-2-1-3-5-27)26-10-14-37(15-11-26)20-23-18-24(19-23)21-38-16-12-34-13-17-38/h1-9,22-24,26,34H,10-21H2,(H2,33,35,36). The van der Waals surface area contributed by atoms with E-state index in [1.165, 1.54) is 45.3 Å². The van der Waals surface area contributed by atoms with Crippen molar-refractivity contribution in [3.8, 4) is 17.2 Å². The van der Waals surface area contributed by atoms with E-state index in [0.29, 0.717) is 28.4 Å². The van der Waals surface area contributed by atoms with E-state index in [2.05, 4.69) is 25.1 Å². The number of benzene rings is 2. The fourth-order valence-corrected chi connectivity index (χ4v) is 7.08. The van der Waals surface area contributed by atoms with Crippen LogP contribution in [0.25, 0.3) is 16.9 Å². The van der Waals surface area contributed by atoms with Crippen molar-refractivity contribution in [2.75, 3.05) is 58.1 Å². The van der Waals surface area contributed by atoms with Gasteiger partial charge in [0.1, 0.15) is 23.3 Å². The third-order valence-electron chi connectivity index (χ3n) is 9.25. The van der Waals surface area contributed by atoms with Crippen LogP contribution in [0.2, 0.25) is 0 Å². The smallest absolute Gasteiger partial charge is 0.335 e. The van der Waals surface area contributed by atoms with Gasteiger partial charge in [0.2, 0.25) is 0 Å². The quantitative estimate of drug-likeness (QED) is 0.333. The number of nitrogens with two attached hydrogens (primary N) is 1. The minimum atomic E-state index is -0.123. The van der Waals surface area contributed by atoms with Gasteiger partial charge in [-0.2, -0.15) is 0 Å². The number of hydrogen-bond donors (Lipinski definition) is 2. The average Bonchev–Trinajstić information content (AvgIpc) is 3.31. The van der Waals surface area contributed by atoms with Crippen molar-refractivity contribution >= 4 is 17.0 Å². The Morgan fingerprint density at radius 2 is 1.48 bits per heavy atom. The number of nitrogens with zero attached hydrogens (tertiary/aromatic N) is 6. The SMILES string of the molecule is Nc1ncnc2c1n(-c1ccc(Oc3ccccc3)cc1)c(=O)n2C1CCN(CC2CC(CN3CCNCC3)C2)CC1. The maximum atomic E-state index is 14.0. The van der Waals surface area contributed by atoms with Crippen molar-refractivity contribution in [1.29, 1.82) is 0 Å². The molecule has 10 heteroatoms. The normalized spacial score (nSPS) is 22.3. The van der Waals surface area contributed by atoms with Crippen LogP contribution in [-0.4, -0.2) is 81.3 Å². The van der Waals surface area contributed by atoms with E-state index >= 15 is 0 Å². The van der Waals surface area contributed by atoms with Crippen LogP contribution in [0, 0.1) is 11.8 Å². The maximum absolute atomic E-state index is 14.0. The van der Waals surface area contributed by atoms with Gasteiger partial charge in [0.15, 0.2) is 11.5 Å². The lowest BCUT2D eigenvalue weighted by atomic mass is 9.74. The number of hydrogen-bond acceptors (Lipinski definition) is 8. The Morgan fingerprint density at radius 1 is 0.833 bits per heavy atom. The number of piperazine rings is 1. The second-order valence-corrected chi connectivity index (χ2v) is 12.1. The van der Waals surface area contributed by atoms with E-state index in [0.717, 1.165) is 56.6 Å². The second-order valence-electron chi connectivity index (χ2n) is 12.1. The molecule has 2 saturated heterocycles. The van der Waals surface area contributed by atoms with Gasteiger partial charge in [0.05, 0.1) is 5.69 Å². The van der Waals surface area contributed by atoms with E-state index < -0.39 is 0 Å². The topological polar surface area (TPSA) is 106 Å². The van der Waals surface area contributed by atoms with E-state index in [9.17, 15) is 4.79 Å². The lowest BCUT2D eigenvalue weighted by Crippen LogP contribution is -2.48. The summed E-state index contributed by atoms with van der Waals surface area (Å²) in [5, 5.41) is 3.45. The number of nitrogens with one attached hydrogen (secondary N) is 1. The molecule has 0 radical (unpaired) electrons. The molecular weight excluding hydrogens is 528 g/mol. The molecule has 2 aliphatic heterocycles. The number of rotatable bonds is 8. The van der Waals surface area contributed by atoms with E-state index in [1.807, 2.05) is 59.2 Å². The van der Waals surface area contributed by atoms with Crippen molar-refractivity contribution in [3.05, 3.63) is 71.4 Å². The Hall–Kier alpha value is -3.73. The Bertz CT molecular complexity index is 1550. The summed E-state index contributed by atoms with van der Waals surface area (Å²) in [4.78, 5) is 28.0.